The first-order chi connectivity index (χ1) is 5.38. The third-order valence-electron chi connectivity index (χ3n) is 0.962. The van der Waals surface area contributed by atoms with Crippen LogP contribution in [0.2, 0.25) is 0 Å². The highest BCUT2D eigenvalue weighted by Gasteiger charge is 2.32. The third kappa shape index (κ3) is 4.12. The predicted octanol–water partition coefficient (Wildman–Crippen LogP) is 1.02. The quantitative estimate of drug-likeness (QED) is 0.376. The topological polar surface area (TPSA) is 36.4 Å². The summed E-state index contributed by atoms with van der Waals surface area (Å²) in [5.41, 5.74) is 1.05. The Morgan fingerprint density at radius 1 is 1.42 bits per heavy atom. The lowest BCUT2D eigenvalue weighted by Gasteiger charge is -2.06. The van der Waals surface area contributed by atoms with Gasteiger partial charge in [0.25, 0.3) is 0 Å². The van der Waals surface area contributed by atoms with E-state index in [-0.39, 0.29) is 5.11 Å². The maximum Gasteiger partial charge on any atom is 0.430 e. The van der Waals surface area contributed by atoms with Gasteiger partial charge in [0.1, 0.15) is 5.71 Å². The Hall–Kier alpha value is -0.850. The van der Waals surface area contributed by atoms with Crippen LogP contribution in [0.25, 0.3) is 0 Å². The van der Waals surface area contributed by atoms with E-state index in [0.717, 1.165) is 6.92 Å². The molecule has 0 saturated carbocycles. The van der Waals surface area contributed by atoms with Gasteiger partial charge in [0.05, 0.1) is 0 Å². The second kappa shape index (κ2) is 4.24. The lowest BCUT2D eigenvalue weighted by Crippen LogP contribution is -2.31. The Labute approximate surface area is 73.0 Å². The summed E-state index contributed by atoms with van der Waals surface area (Å²) in [5.74, 6) is 0. The van der Waals surface area contributed by atoms with Crippen LogP contribution < -0.4 is 10.7 Å². The summed E-state index contributed by atoms with van der Waals surface area (Å²) in [7, 11) is 1.48. The molecule has 0 fully saturated rings. The van der Waals surface area contributed by atoms with Gasteiger partial charge in [-0.2, -0.15) is 18.3 Å². The summed E-state index contributed by atoms with van der Waals surface area (Å²) < 4.78 is 35.3. The first-order valence-corrected chi connectivity index (χ1v) is 3.38. The molecule has 0 amide bonds. The molecule has 2 N–H and O–H groups in total. The van der Waals surface area contributed by atoms with E-state index in [1.807, 2.05) is 5.43 Å². The van der Waals surface area contributed by atoms with Crippen molar-refractivity contribution in [3.05, 3.63) is 0 Å². The van der Waals surface area contributed by atoms with Gasteiger partial charge in [-0.1, -0.05) is 0 Å². The van der Waals surface area contributed by atoms with E-state index >= 15 is 0 Å². The zero-order chi connectivity index (χ0) is 9.78. The molecule has 0 heterocycles. The SMILES string of the molecule is CNC(=S)N/N=C(\C)C(F)(F)F. The van der Waals surface area contributed by atoms with E-state index in [9.17, 15) is 13.2 Å². The van der Waals surface area contributed by atoms with Crippen molar-refractivity contribution >= 4 is 23.0 Å². The molecule has 0 aromatic heterocycles. The largest absolute Gasteiger partial charge is 0.430 e. The minimum Gasteiger partial charge on any atom is -0.364 e. The fourth-order valence-electron chi connectivity index (χ4n) is 0.254. The monoisotopic (exact) mass is 199 g/mol. The molecule has 0 aromatic rings. The Kier molecular flexibility index (Phi) is 3.94. The van der Waals surface area contributed by atoms with Gasteiger partial charge in [-0.3, -0.25) is 5.43 Å². The van der Waals surface area contributed by atoms with E-state index in [1.165, 1.54) is 7.05 Å². The zero-order valence-corrected chi connectivity index (χ0v) is 7.31. The number of rotatable bonds is 1. The molecular weight excluding hydrogens is 191 g/mol. The molecule has 0 unspecified atom stereocenters. The van der Waals surface area contributed by atoms with Gasteiger partial charge < -0.3 is 5.32 Å². The van der Waals surface area contributed by atoms with Crippen molar-refractivity contribution in [3.8, 4) is 0 Å². The average molecular weight is 199 g/mol. The third-order valence-corrected chi connectivity index (χ3v) is 1.26. The van der Waals surface area contributed by atoms with Crippen molar-refractivity contribution < 1.29 is 13.2 Å². The Morgan fingerprint density at radius 2 is 1.92 bits per heavy atom. The van der Waals surface area contributed by atoms with E-state index in [4.69, 9.17) is 0 Å². The highest BCUT2D eigenvalue weighted by atomic mass is 32.1. The van der Waals surface area contributed by atoms with Crippen LogP contribution in [0.5, 0.6) is 0 Å². The van der Waals surface area contributed by atoms with Crippen LogP contribution in [-0.2, 0) is 0 Å². The molecule has 0 rings (SSSR count). The molecule has 0 aliphatic carbocycles. The van der Waals surface area contributed by atoms with E-state index in [1.54, 1.807) is 0 Å². The van der Waals surface area contributed by atoms with Crippen LogP contribution in [0.15, 0.2) is 5.10 Å². The molecular formula is C5H8F3N3S. The molecule has 0 spiro atoms. The lowest BCUT2D eigenvalue weighted by molar-refractivity contribution is -0.0595. The Morgan fingerprint density at radius 3 is 2.25 bits per heavy atom. The van der Waals surface area contributed by atoms with Crippen LogP contribution in [0.3, 0.4) is 0 Å². The van der Waals surface area contributed by atoms with Crippen molar-refractivity contribution in [1.82, 2.24) is 10.7 Å². The molecule has 70 valence electrons. The van der Waals surface area contributed by atoms with Crippen molar-refractivity contribution in [2.75, 3.05) is 7.05 Å². The average Bonchev–Trinajstić information content (AvgIpc) is 1.97. The number of hydrazone groups is 1. The molecule has 0 bridgehead atoms. The number of halogens is 3. The number of hydrogen-bond donors (Lipinski definition) is 2. The maximum absolute atomic E-state index is 11.8. The van der Waals surface area contributed by atoms with E-state index in [0.29, 0.717) is 0 Å². The van der Waals surface area contributed by atoms with Gasteiger partial charge in [0.15, 0.2) is 5.11 Å². The van der Waals surface area contributed by atoms with Crippen LogP contribution in [0.4, 0.5) is 13.2 Å². The van der Waals surface area contributed by atoms with Crippen LogP contribution in [-0.4, -0.2) is 24.0 Å². The number of nitrogens with one attached hydrogen (secondary N) is 2. The fraction of sp³-hybridized carbons (Fsp3) is 0.600. The first-order valence-electron chi connectivity index (χ1n) is 2.97. The summed E-state index contributed by atoms with van der Waals surface area (Å²) in [6.07, 6.45) is -4.41. The van der Waals surface area contributed by atoms with E-state index in [2.05, 4.69) is 22.6 Å². The first kappa shape index (κ1) is 11.2. The molecule has 7 heteroatoms. The van der Waals surface area contributed by atoms with E-state index < -0.39 is 11.9 Å². The molecule has 0 aliphatic heterocycles. The number of hydrogen-bond acceptors (Lipinski definition) is 2. The van der Waals surface area contributed by atoms with Gasteiger partial charge >= 0.3 is 6.18 Å². The van der Waals surface area contributed by atoms with Crippen LogP contribution >= 0.6 is 12.2 Å². The molecule has 3 nitrogen and oxygen atoms in total. The Balaban J connectivity index is 4.11. The molecule has 0 aromatic carbocycles. The highest BCUT2D eigenvalue weighted by Crippen LogP contribution is 2.16. The van der Waals surface area contributed by atoms with Crippen molar-refractivity contribution in [2.45, 2.75) is 13.1 Å². The number of thiocarbonyl (C=S) groups is 1. The van der Waals surface area contributed by atoms with Crippen LogP contribution in [0.1, 0.15) is 6.92 Å². The van der Waals surface area contributed by atoms with Gasteiger partial charge in [-0.15, -0.1) is 0 Å². The lowest BCUT2D eigenvalue weighted by atomic mass is 10.4. The summed E-state index contributed by atoms with van der Waals surface area (Å²) in [4.78, 5) is 0. The standard InChI is InChI=1S/C5H8F3N3S/c1-3(5(6,7)8)10-11-4(12)9-2/h1-2H3,(H2,9,11,12)/b10-3+. The maximum atomic E-state index is 11.8. The van der Waals surface area contributed by atoms with Crippen LogP contribution in [0, 0.1) is 0 Å². The minimum atomic E-state index is -4.41. The molecule has 0 saturated heterocycles. The number of nitrogens with zero attached hydrogens (tertiary/aromatic N) is 1. The van der Waals surface area contributed by atoms with Gasteiger partial charge in [-0.25, -0.2) is 0 Å². The summed E-state index contributed by atoms with van der Waals surface area (Å²) in [6, 6.07) is 0. The van der Waals surface area contributed by atoms with Gasteiger partial charge in [0.2, 0.25) is 0 Å². The zero-order valence-electron chi connectivity index (χ0n) is 6.49. The summed E-state index contributed by atoms with van der Waals surface area (Å²) in [6.45, 7) is 0.852. The molecule has 0 atom stereocenters. The van der Waals surface area contributed by atoms with Crippen molar-refractivity contribution in [2.24, 2.45) is 5.10 Å². The second-order valence-corrected chi connectivity index (χ2v) is 2.29. The van der Waals surface area contributed by atoms with Crippen molar-refractivity contribution in [3.63, 3.8) is 0 Å². The Bertz CT molecular complexity index is 199. The van der Waals surface area contributed by atoms with Gasteiger partial charge in [-0.05, 0) is 19.1 Å². The van der Waals surface area contributed by atoms with Gasteiger partial charge in [0, 0.05) is 7.05 Å². The summed E-state index contributed by atoms with van der Waals surface area (Å²) in [5, 5.41) is 5.46. The smallest absolute Gasteiger partial charge is 0.364 e. The number of alkyl halides is 3. The normalized spacial score (nSPS) is 12.6. The summed E-state index contributed by atoms with van der Waals surface area (Å²) >= 11 is 4.50. The van der Waals surface area contributed by atoms with Crippen molar-refractivity contribution in [1.29, 1.82) is 0 Å². The minimum absolute atomic E-state index is 0.0404. The molecule has 12 heavy (non-hydrogen) atoms. The molecule has 0 aliphatic rings. The fourth-order valence-corrected chi connectivity index (χ4v) is 0.300. The predicted molar refractivity (Wildman–Crippen MR) is 44.0 cm³/mol. The molecule has 0 radical (unpaired) electrons. The highest BCUT2D eigenvalue weighted by molar-refractivity contribution is 7.80. The second-order valence-electron chi connectivity index (χ2n) is 1.89.